The summed E-state index contributed by atoms with van der Waals surface area (Å²) in [5.41, 5.74) is 6.34. The van der Waals surface area contributed by atoms with Crippen LogP contribution in [-0.4, -0.2) is 46.4 Å². The van der Waals surface area contributed by atoms with Gasteiger partial charge in [-0.3, -0.25) is 14.4 Å². The average molecular weight is 308 g/mol. The number of carboxylic acid groups (broad SMARTS) is 2. The molecule has 1 amide bonds. The quantitative estimate of drug-likeness (QED) is 0.352. The Kier molecular flexibility index (Phi) is 6.21. The molecule has 0 bridgehead atoms. The summed E-state index contributed by atoms with van der Waals surface area (Å²) in [5.74, 6) is -2.84. The third-order valence-electron chi connectivity index (χ3n) is 2.98. The lowest BCUT2D eigenvalue weighted by Gasteiger charge is -2.12. The second-order valence-corrected chi connectivity index (χ2v) is 4.64. The van der Waals surface area contributed by atoms with E-state index in [1.165, 1.54) is 24.3 Å². The van der Waals surface area contributed by atoms with E-state index in [1.807, 2.05) is 0 Å². The molecule has 22 heavy (non-hydrogen) atoms. The van der Waals surface area contributed by atoms with Crippen LogP contribution < -0.4 is 11.1 Å². The van der Waals surface area contributed by atoms with E-state index in [1.54, 1.807) is 0 Å². The fourth-order valence-corrected chi connectivity index (χ4v) is 1.84. The van der Waals surface area contributed by atoms with Crippen molar-refractivity contribution in [2.45, 2.75) is 24.9 Å². The Bertz CT molecular complexity index is 569. The Labute approximate surface area is 125 Å². The van der Waals surface area contributed by atoms with Crippen LogP contribution in [0, 0.1) is 0 Å². The minimum atomic E-state index is -1.17. The summed E-state index contributed by atoms with van der Waals surface area (Å²) in [6.07, 6.45) is -0.101. The van der Waals surface area contributed by atoms with Crippen LogP contribution in [0.25, 0.3) is 0 Å². The maximum atomic E-state index is 11.9. The highest BCUT2D eigenvalue weighted by Gasteiger charge is 2.20. The number of rotatable bonds is 9. The molecule has 5 N–H and O–H groups in total. The summed E-state index contributed by atoms with van der Waals surface area (Å²) >= 11 is 0. The van der Waals surface area contributed by atoms with Crippen molar-refractivity contribution >= 4 is 24.1 Å². The largest absolute Gasteiger partial charge is 0.481 e. The Morgan fingerprint density at radius 1 is 1.18 bits per heavy atom. The maximum absolute atomic E-state index is 11.9. The van der Waals surface area contributed by atoms with Gasteiger partial charge in [-0.05, 0) is 5.56 Å². The normalized spacial score (nSPS) is 13.0. The third-order valence-corrected chi connectivity index (χ3v) is 2.98. The summed E-state index contributed by atoms with van der Waals surface area (Å²) in [6, 6.07) is 3.75. The monoisotopic (exact) mass is 308 g/mol. The van der Waals surface area contributed by atoms with Gasteiger partial charge in [-0.1, -0.05) is 24.3 Å². The van der Waals surface area contributed by atoms with Gasteiger partial charge in [0, 0.05) is 12.0 Å². The van der Waals surface area contributed by atoms with Crippen molar-refractivity contribution in [1.29, 1.82) is 0 Å². The fourth-order valence-electron chi connectivity index (χ4n) is 1.84. The molecule has 0 saturated heterocycles. The number of Topliss-reactive ketones (excluding diaryl/α,β-unsaturated/α-hetero) is 1. The predicted octanol–water partition coefficient (Wildman–Crippen LogP) is -0.587. The summed E-state index contributed by atoms with van der Waals surface area (Å²) in [5, 5.41) is 19.7. The first-order chi connectivity index (χ1) is 10.3. The lowest BCUT2D eigenvalue weighted by molar-refractivity contribution is -0.140. The van der Waals surface area contributed by atoms with E-state index in [-0.39, 0.29) is 12.0 Å². The maximum Gasteiger partial charge on any atom is 0.326 e. The Morgan fingerprint density at radius 2 is 1.77 bits per heavy atom. The molecule has 0 aliphatic heterocycles. The number of nitrogens with two attached hydrogens (primary N) is 1. The summed E-state index contributed by atoms with van der Waals surface area (Å²) in [4.78, 5) is 43.7. The van der Waals surface area contributed by atoms with E-state index < -0.39 is 36.2 Å². The molecule has 0 radical (unpaired) electrons. The zero-order chi connectivity index (χ0) is 16.7. The van der Waals surface area contributed by atoms with Crippen LogP contribution in [0.1, 0.15) is 22.3 Å². The molecule has 0 unspecified atom stereocenters. The lowest BCUT2D eigenvalue weighted by atomic mass is 9.99. The second kappa shape index (κ2) is 7.89. The van der Waals surface area contributed by atoms with E-state index in [4.69, 9.17) is 15.9 Å². The van der Waals surface area contributed by atoms with Crippen LogP contribution in [0.2, 0.25) is 0 Å². The summed E-state index contributed by atoms with van der Waals surface area (Å²) < 4.78 is 0. The van der Waals surface area contributed by atoms with Crippen molar-refractivity contribution in [3.63, 3.8) is 0 Å². The van der Waals surface area contributed by atoms with Crippen molar-refractivity contribution in [2.24, 2.45) is 5.73 Å². The van der Waals surface area contributed by atoms with Crippen molar-refractivity contribution in [3.05, 3.63) is 35.4 Å². The Balaban J connectivity index is 2.77. The zero-order valence-electron chi connectivity index (χ0n) is 11.6. The van der Waals surface area contributed by atoms with Crippen molar-refractivity contribution < 1.29 is 29.4 Å². The number of benzene rings is 1. The minimum Gasteiger partial charge on any atom is -0.481 e. The highest BCUT2D eigenvalue weighted by atomic mass is 16.4. The first-order valence-electron chi connectivity index (χ1n) is 6.38. The molecule has 2 atom stereocenters. The van der Waals surface area contributed by atoms with Gasteiger partial charge in [0.1, 0.15) is 6.04 Å². The minimum absolute atomic E-state index is 0.0592. The van der Waals surface area contributed by atoms with Gasteiger partial charge < -0.3 is 21.3 Å². The number of nitrogens with one attached hydrogen (secondary N) is 1. The Morgan fingerprint density at radius 3 is 2.23 bits per heavy atom. The fraction of sp³-hybridized carbons (Fsp3) is 0.286. The molecule has 0 aromatic heterocycles. The standard InChI is InChI=1S/C14H16N2O6/c15-10(6-12(18)19)13(20)9-3-1-8(2-4-9)5-11(14(21)22)16-7-17/h1-4,7,10-11H,5-6,15H2,(H,16,17)(H,18,19)(H,21,22)/t10-,11-/m0/s1. The molecule has 0 saturated carbocycles. The van der Waals surface area contributed by atoms with Crippen LogP contribution in [0.4, 0.5) is 0 Å². The van der Waals surface area contributed by atoms with Crippen LogP contribution >= 0.6 is 0 Å². The lowest BCUT2D eigenvalue weighted by Crippen LogP contribution is -2.37. The molecule has 0 spiro atoms. The zero-order valence-corrected chi connectivity index (χ0v) is 11.6. The number of aliphatic carboxylic acids is 2. The van der Waals surface area contributed by atoms with Crippen molar-refractivity contribution in [1.82, 2.24) is 5.32 Å². The van der Waals surface area contributed by atoms with Crippen molar-refractivity contribution in [3.8, 4) is 0 Å². The van der Waals surface area contributed by atoms with E-state index in [9.17, 15) is 19.2 Å². The van der Waals surface area contributed by atoms with Crippen molar-refractivity contribution in [2.75, 3.05) is 0 Å². The molecular weight excluding hydrogens is 292 g/mol. The third kappa shape index (κ3) is 4.98. The molecule has 0 aliphatic rings. The van der Waals surface area contributed by atoms with E-state index >= 15 is 0 Å². The summed E-state index contributed by atoms with van der Waals surface area (Å²) in [6.45, 7) is 0. The number of amides is 1. The molecular formula is C14H16N2O6. The van der Waals surface area contributed by atoms with Gasteiger partial charge in [0.15, 0.2) is 5.78 Å². The van der Waals surface area contributed by atoms with Crippen LogP contribution in [0.15, 0.2) is 24.3 Å². The van der Waals surface area contributed by atoms with Gasteiger partial charge in [-0.25, -0.2) is 4.79 Å². The molecule has 118 valence electrons. The molecule has 1 rings (SSSR count). The van der Waals surface area contributed by atoms with E-state index in [2.05, 4.69) is 5.32 Å². The molecule has 0 fully saturated rings. The molecule has 1 aromatic carbocycles. The van der Waals surface area contributed by atoms with Gasteiger partial charge in [0.2, 0.25) is 6.41 Å². The number of hydrogen-bond donors (Lipinski definition) is 4. The van der Waals surface area contributed by atoms with E-state index in [0.717, 1.165) is 0 Å². The number of hydrogen-bond acceptors (Lipinski definition) is 5. The highest BCUT2D eigenvalue weighted by molar-refractivity contribution is 6.01. The Hall–Kier alpha value is -2.74. The SMILES string of the molecule is N[C@@H](CC(=O)O)C(=O)c1ccc(C[C@H](NC=O)C(=O)O)cc1. The number of ketones is 1. The molecule has 0 aliphatic carbocycles. The van der Waals surface area contributed by atoms with E-state index in [0.29, 0.717) is 12.0 Å². The van der Waals surface area contributed by atoms with Gasteiger partial charge in [0.05, 0.1) is 12.5 Å². The van der Waals surface area contributed by atoms with Crippen LogP contribution in [0.3, 0.4) is 0 Å². The predicted molar refractivity (Wildman–Crippen MR) is 75.3 cm³/mol. The summed E-state index contributed by atoms with van der Waals surface area (Å²) in [7, 11) is 0. The second-order valence-electron chi connectivity index (χ2n) is 4.64. The van der Waals surface area contributed by atoms with Crippen LogP contribution in [0.5, 0.6) is 0 Å². The van der Waals surface area contributed by atoms with Gasteiger partial charge in [-0.2, -0.15) is 0 Å². The molecule has 1 aromatic rings. The molecule has 0 heterocycles. The smallest absolute Gasteiger partial charge is 0.326 e. The number of carbonyl (C=O) groups is 4. The first-order valence-corrected chi connectivity index (χ1v) is 6.38. The van der Waals surface area contributed by atoms with Gasteiger partial charge >= 0.3 is 11.9 Å². The topological polar surface area (TPSA) is 147 Å². The van der Waals surface area contributed by atoms with Gasteiger partial charge in [-0.15, -0.1) is 0 Å². The highest BCUT2D eigenvalue weighted by Crippen LogP contribution is 2.10. The van der Waals surface area contributed by atoms with Gasteiger partial charge in [0.25, 0.3) is 0 Å². The number of carboxylic acids is 2. The molecule has 8 nitrogen and oxygen atoms in total. The first kappa shape index (κ1) is 17.3. The molecule has 8 heteroatoms. The number of carbonyl (C=O) groups excluding carboxylic acids is 2. The average Bonchev–Trinajstić information content (AvgIpc) is 2.46. The van der Waals surface area contributed by atoms with Crippen LogP contribution in [-0.2, 0) is 20.8 Å².